The van der Waals surface area contributed by atoms with E-state index in [1.54, 1.807) is 48.6 Å². The number of nitrogens with two attached hydrogens (primary N) is 2. The number of nitrogens with one attached hydrogen (secondary N) is 2. The molecule has 2 unspecified atom stereocenters. The van der Waals surface area contributed by atoms with E-state index in [0.29, 0.717) is 45.6 Å². The Labute approximate surface area is 331 Å². The van der Waals surface area contributed by atoms with Crippen LogP contribution in [0.2, 0.25) is 0 Å². The number of rotatable bonds is 18. The molecule has 6 N–H and O–H groups in total. The Balaban J connectivity index is 2.09. The third kappa shape index (κ3) is 9.93. The van der Waals surface area contributed by atoms with E-state index < -0.39 is 32.4 Å². The van der Waals surface area contributed by atoms with Crippen LogP contribution in [-0.4, -0.2) is 77.4 Å². The molecule has 4 rings (SSSR count). The number of carbonyl (C=O) groups is 2. The molecule has 16 nitrogen and oxygen atoms in total. The lowest BCUT2D eigenvalue weighted by Crippen LogP contribution is -2.22. The number of amides is 4. The van der Waals surface area contributed by atoms with E-state index in [2.05, 4.69) is 10.6 Å². The first-order valence-electron chi connectivity index (χ1n) is 17.0. The smallest absolute Gasteiger partial charge is 0.316 e. The van der Waals surface area contributed by atoms with Crippen molar-refractivity contribution < 1.29 is 55.9 Å². The molecular formula is C40H46N4O12S. The summed E-state index contributed by atoms with van der Waals surface area (Å²) in [5.74, 6) is 2.66. The summed E-state index contributed by atoms with van der Waals surface area (Å²) in [5.41, 5.74) is 12.4. The minimum atomic E-state index is -4.50. The highest BCUT2D eigenvalue weighted by molar-refractivity contribution is 7.92. The lowest BCUT2D eigenvalue weighted by atomic mass is 10.1. The Morgan fingerprint density at radius 2 is 0.825 bits per heavy atom. The zero-order chi connectivity index (χ0) is 41.9. The number of primary amides is 2. The van der Waals surface area contributed by atoms with Crippen LogP contribution in [0, 0.1) is 0 Å². The SMILES string of the molecule is COc1cc(OC)c(C=CC(c2ccc(OC)c(NC(N)=O)c2)S(=O)(=O)C(C=Cc2c(OC)cc(OC)cc2OC)c2ccc(OC)c(NC(N)=O)c2)c(OC)c1. The van der Waals surface area contributed by atoms with Crippen LogP contribution < -0.4 is 60.0 Å². The number of benzene rings is 4. The molecule has 0 spiro atoms. The molecule has 0 bridgehead atoms. The Kier molecular flexibility index (Phi) is 14.5. The van der Waals surface area contributed by atoms with Gasteiger partial charge in [-0.15, -0.1) is 0 Å². The summed E-state index contributed by atoms with van der Waals surface area (Å²) in [7, 11) is 7.07. The molecule has 0 saturated heterocycles. The first-order chi connectivity index (χ1) is 27.3. The number of methoxy groups -OCH3 is 8. The number of hydrogen-bond acceptors (Lipinski definition) is 12. The first kappa shape index (κ1) is 43.0. The van der Waals surface area contributed by atoms with E-state index in [1.807, 2.05) is 0 Å². The van der Waals surface area contributed by atoms with Gasteiger partial charge in [-0.05, 0) is 47.5 Å². The fourth-order valence-electron chi connectivity index (χ4n) is 6.01. The average molecular weight is 807 g/mol. The molecule has 0 aliphatic rings. The molecule has 2 atom stereocenters. The standard InChI is InChI=1S/C40H46N4O12S/c1-49-25-19-33(53-5)27(34(20-25)54-6)11-15-37(23-9-13-31(51-3)29(17-23)43-39(41)45)57(47,48)38(24-10-14-32(52-4)30(18-24)44-40(42)46)16-12-28-35(55-7)21-26(50-2)22-36(28)56-8/h9-22,37-38H,1-8H3,(H3,41,43,45)(H3,42,44,46). The number of urea groups is 2. The second kappa shape index (κ2) is 19.2. The minimum Gasteiger partial charge on any atom is -0.496 e. The van der Waals surface area contributed by atoms with Crippen molar-refractivity contribution in [3.63, 3.8) is 0 Å². The molecule has 304 valence electrons. The fraction of sp³-hybridized carbons (Fsp3) is 0.250. The van der Waals surface area contributed by atoms with Crippen molar-refractivity contribution >= 4 is 45.4 Å². The molecule has 0 fully saturated rings. The van der Waals surface area contributed by atoms with Gasteiger partial charge in [-0.3, -0.25) is 0 Å². The van der Waals surface area contributed by atoms with Crippen LogP contribution in [-0.2, 0) is 9.84 Å². The second-order valence-electron chi connectivity index (χ2n) is 11.9. The van der Waals surface area contributed by atoms with Gasteiger partial charge >= 0.3 is 12.1 Å². The van der Waals surface area contributed by atoms with Crippen LogP contribution in [0.1, 0.15) is 32.8 Å². The van der Waals surface area contributed by atoms with Gasteiger partial charge in [-0.1, -0.05) is 24.3 Å². The van der Waals surface area contributed by atoms with Crippen molar-refractivity contribution in [2.75, 3.05) is 67.5 Å². The van der Waals surface area contributed by atoms with Gasteiger partial charge in [0.25, 0.3) is 0 Å². The van der Waals surface area contributed by atoms with Crippen molar-refractivity contribution in [1.29, 1.82) is 0 Å². The highest BCUT2D eigenvalue weighted by Crippen LogP contribution is 2.44. The normalized spacial score (nSPS) is 12.4. The van der Waals surface area contributed by atoms with E-state index in [9.17, 15) is 9.59 Å². The van der Waals surface area contributed by atoms with Gasteiger partial charge in [-0.2, -0.15) is 0 Å². The molecule has 0 radical (unpaired) electrons. The van der Waals surface area contributed by atoms with Gasteiger partial charge in [0.2, 0.25) is 0 Å². The molecule has 57 heavy (non-hydrogen) atoms. The van der Waals surface area contributed by atoms with E-state index in [-0.39, 0.29) is 34.0 Å². The van der Waals surface area contributed by atoms with Gasteiger partial charge in [0.05, 0.1) is 79.4 Å². The lowest BCUT2D eigenvalue weighted by Gasteiger charge is -2.24. The second-order valence-corrected chi connectivity index (χ2v) is 14.1. The molecular weight excluding hydrogens is 761 g/mol. The molecule has 0 aromatic heterocycles. The summed E-state index contributed by atoms with van der Waals surface area (Å²) in [4.78, 5) is 24.1. The highest BCUT2D eigenvalue weighted by atomic mass is 32.2. The summed E-state index contributed by atoms with van der Waals surface area (Å²) in [6, 6.07) is 13.7. The van der Waals surface area contributed by atoms with Gasteiger partial charge in [0.15, 0.2) is 9.84 Å². The van der Waals surface area contributed by atoms with E-state index in [1.165, 1.54) is 93.3 Å². The molecule has 0 aliphatic carbocycles. The third-order valence-electron chi connectivity index (χ3n) is 8.71. The molecule has 4 aromatic carbocycles. The number of ether oxygens (including phenoxy) is 8. The quantitative estimate of drug-likeness (QED) is 0.0864. The van der Waals surface area contributed by atoms with E-state index >= 15 is 8.42 Å². The number of anilines is 2. The molecule has 4 amide bonds. The van der Waals surface area contributed by atoms with Crippen molar-refractivity contribution in [2.24, 2.45) is 11.5 Å². The maximum absolute atomic E-state index is 15.5. The Morgan fingerprint density at radius 3 is 1.09 bits per heavy atom. The third-order valence-corrected chi connectivity index (χ3v) is 11.0. The maximum atomic E-state index is 15.5. The Bertz CT molecular complexity index is 2060. The Hall–Kier alpha value is -6.75. The van der Waals surface area contributed by atoms with Crippen LogP contribution in [0.5, 0.6) is 46.0 Å². The van der Waals surface area contributed by atoms with Gasteiger partial charge in [0.1, 0.15) is 56.5 Å². The van der Waals surface area contributed by atoms with Crippen molar-refractivity contribution in [3.8, 4) is 46.0 Å². The maximum Gasteiger partial charge on any atom is 0.316 e. The molecule has 0 saturated carbocycles. The van der Waals surface area contributed by atoms with E-state index in [0.717, 1.165) is 0 Å². The molecule has 0 aliphatic heterocycles. The highest BCUT2D eigenvalue weighted by Gasteiger charge is 2.35. The minimum absolute atomic E-state index is 0.118. The van der Waals surface area contributed by atoms with Crippen molar-refractivity contribution in [3.05, 3.63) is 95.1 Å². The number of carbonyl (C=O) groups excluding carboxylic acids is 2. The van der Waals surface area contributed by atoms with Gasteiger partial charge in [-0.25, -0.2) is 18.0 Å². The summed E-state index contributed by atoms with van der Waals surface area (Å²) in [6.45, 7) is 0. The van der Waals surface area contributed by atoms with E-state index in [4.69, 9.17) is 49.4 Å². The summed E-state index contributed by atoms with van der Waals surface area (Å²) in [6.07, 6.45) is 6.02. The lowest BCUT2D eigenvalue weighted by molar-refractivity contribution is 0.258. The topological polar surface area (TPSA) is 218 Å². The van der Waals surface area contributed by atoms with Crippen LogP contribution in [0.4, 0.5) is 21.0 Å². The van der Waals surface area contributed by atoms with Crippen LogP contribution in [0.15, 0.2) is 72.8 Å². The van der Waals surface area contributed by atoms with Crippen molar-refractivity contribution in [1.82, 2.24) is 0 Å². The fourth-order valence-corrected chi connectivity index (χ4v) is 7.97. The summed E-state index contributed by atoms with van der Waals surface area (Å²) >= 11 is 0. The predicted molar refractivity (Wildman–Crippen MR) is 217 cm³/mol. The zero-order valence-electron chi connectivity index (χ0n) is 32.7. The van der Waals surface area contributed by atoms with Crippen LogP contribution in [0.25, 0.3) is 12.2 Å². The number of hydrogen-bond donors (Lipinski definition) is 4. The Morgan fingerprint density at radius 1 is 0.509 bits per heavy atom. The zero-order valence-corrected chi connectivity index (χ0v) is 33.5. The number of sulfone groups is 1. The average Bonchev–Trinajstić information content (AvgIpc) is 3.20. The largest absolute Gasteiger partial charge is 0.496 e. The van der Waals surface area contributed by atoms with Gasteiger partial charge in [0, 0.05) is 24.3 Å². The predicted octanol–water partition coefficient (Wildman–Crippen LogP) is 6.36. The van der Waals surface area contributed by atoms with Crippen molar-refractivity contribution in [2.45, 2.75) is 10.5 Å². The van der Waals surface area contributed by atoms with Crippen LogP contribution >= 0.6 is 0 Å². The van der Waals surface area contributed by atoms with Crippen LogP contribution in [0.3, 0.4) is 0 Å². The monoisotopic (exact) mass is 806 g/mol. The summed E-state index contributed by atoms with van der Waals surface area (Å²) < 4.78 is 75.2. The molecule has 0 heterocycles. The first-order valence-corrected chi connectivity index (χ1v) is 18.6. The molecule has 4 aromatic rings. The summed E-state index contributed by atoms with van der Waals surface area (Å²) in [5, 5.41) is 2.07. The van der Waals surface area contributed by atoms with Gasteiger partial charge < -0.3 is 60.0 Å². The molecule has 17 heteroatoms.